The molecule has 0 saturated carbocycles. The van der Waals surface area contributed by atoms with Crippen molar-refractivity contribution in [3.05, 3.63) is 18.1 Å². The zero-order chi connectivity index (χ0) is 11.5. The maximum absolute atomic E-state index is 6.20. The topological polar surface area (TPSA) is 70.3 Å². The Labute approximate surface area is 95.0 Å². The highest BCUT2D eigenvalue weighted by atomic mass is 16.5. The lowest BCUT2D eigenvalue weighted by Gasteiger charge is -2.22. The zero-order valence-electron chi connectivity index (χ0n) is 9.59. The van der Waals surface area contributed by atoms with Crippen LogP contribution in [0.1, 0.15) is 25.1 Å². The minimum atomic E-state index is -0.179. The molecule has 1 aromatic heterocycles. The highest BCUT2D eigenvalue weighted by molar-refractivity contribution is 5.22. The molecule has 0 aliphatic carbocycles. The van der Waals surface area contributed by atoms with Gasteiger partial charge in [-0.25, -0.2) is 4.98 Å². The molecule has 1 aromatic rings. The summed E-state index contributed by atoms with van der Waals surface area (Å²) in [6, 6.07) is -0.179. The van der Waals surface area contributed by atoms with E-state index < -0.39 is 0 Å². The fraction of sp³-hybridized carbons (Fsp3) is 0.636. The molecule has 1 saturated heterocycles. The van der Waals surface area contributed by atoms with E-state index in [1.807, 2.05) is 6.92 Å². The number of hydrogen-bond donors (Lipinski definition) is 1. The normalized spacial score (nSPS) is 26.7. The van der Waals surface area contributed by atoms with Crippen molar-refractivity contribution < 1.29 is 9.47 Å². The van der Waals surface area contributed by atoms with Gasteiger partial charge in [-0.2, -0.15) is 0 Å². The summed E-state index contributed by atoms with van der Waals surface area (Å²) < 4.78 is 10.7. The van der Waals surface area contributed by atoms with Crippen molar-refractivity contribution in [2.24, 2.45) is 11.7 Å². The maximum Gasteiger partial charge on any atom is 0.237 e. The highest BCUT2D eigenvalue weighted by Crippen LogP contribution is 2.33. The number of aromatic nitrogens is 2. The van der Waals surface area contributed by atoms with Crippen LogP contribution in [0.3, 0.4) is 0 Å². The van der Waals surface area contributed by atoms with Gasteiger partial charge in [-0.1, -0.05) is 0 Å². The molecule has 2 N–H and O–H groups in total. The minimum Gasteiger partial charge on any atom is -0.480 e. The van der Waals surface area contributed by atoms with Crippen molar-refractivity contribution in [3.8, 4) is 5.88 Å². The Balaban J connectivity index is 2.22. The molecule has 5 heteroatoms. The number of hydrogen-bond acceptors (Lipinski definition) is 5. The summed E-state index contributed by atoms with van der Waals surface area (Å²) in [6.07, 6.45) is 4.37. The average molecular weight is 223 g/mol. The Kier molecular flexibility index (Phi) is 3.36. The zero-order valence-corrected chi connectivity index (χ0v) is 9.59. The van der Waals surface area contributed by atoms with Crippen molar-refractivity contribution in [1.82, 2.24) is 9.97 Å². The van der Waals surface area contributed by atoms with Gasteiger partial charge < -0.3 is 15.2 Å². The largest absolute Gasteiger partial charge is 0.480 e. The fourth-order valence-electron chi connectivity index (χ4n) is 2.14. The van der Waals surface area contributed by atoms with Crippen LogP contribution in [0.5, 0.6) is 5.88 Å². The number of rotatable bonds is 3. The molecule has 3 unspecified atom stereocenters. The molecular formula is C11H17N3O2. The third-order valence-electron chi connectivity index (χ3n) is 3.10. The molecule has 3 atom stereocenters. The van der Waals surface area contributed by atoms with Gasteiger partial charge in [0.25, 0.3) is 0 Å². The second-order valence-corrected chi connectivity index (χ2v) is 4.01. The van der Waals surface area contributed by atoms with E-state index in [0.29, 0.717) is 11.6 Å². The van der Waals surface area contributed by atoms with Crippen LogP contribution in [-0.4, -0.2) is 29.8 Å². The summed E-state index contributed by atoms with van der Waals surface area (Å²) in [5.41, 5.74) is 6.92. The lowest BCUT2D eigenvalue weighted by Crippen LogP contribution is -2.28. The fourth-order valence-corrected chi connectivity index (χ4v) is 2.14. The summed E-state index contributed by atoms with van der Waals surface area (Å²) in [7, 11) is 1.58. The smallest absolute Gasteiger partial charge is 0.237 e. The van der Waals surface area contributed by atoms with Crippen LogP contribution in [0.2, 0.25) is 0 Å². The average Bonchev–Trinajstić information content (AvgIpc) is 2.74. The number of nitrogens with two attached hydrogens (primary N) is 1. The van der Waals surface area contributed by atoms with Crippen LogP contribution in [0.25, 0.3) is 0 Å². The van der Waals surface area contributed by atoms with Crippen LogP contribution < -0.4 is 10.5 Å². The number of ether oxygens (including phenoxy) is 2. The molecule has 2 rings (SSSR count). The van der Waals surface area contributed by atoms with Crippen LogP contribution >= 0.6 is 0 Å². The van der Waals surface area contributed by atoms with Gasteiger partial charge in [0.1, 0.15) is 5.69 Å². The molecule has 0 radical (unpaired) electrons. The van der Waals surface area contributed by atoms with Crippen molar-refractivity contribution in [2.45, 2.75) is 25.5 Å². The summed E-state index contributed by atoms with van der Waals surface area (Å²) in [4.78, 5) is 8.37. The molecule has 1 aliphatic rings. The van der Waals surface area contributed by atoms with Crippen molar-refractivity contribution >= 4 is 0 Å². The van der Waals surface area contributed by atoms with E-state index in [9.17, 15) is 0 Å². The first-order chi connectivity index (χ1) is 7.74. The minimum absolute atomic E-state index is 0.168. The second kappa shape index (κ2) is 4.76. The Bertz CT molecular complexity index is 359. The molecule has 0 aromatic carbocycles. The molecule has 88 valence electrons. The predicted octanol–water partition coefficient (Wildman–Crippen LogP) is 0.910. The van der Waals surface area contributed by atoms with E-state index in [0.717, 1.165) is 13.0 Å². The monoisotopic (exact) mass is 223 g/mol. The van der Waals surface area contributed by atoms with Gasteiger partial charge in [0.15, 0.2) is 0 Å². The first-order valence-electron chi connectivity index (χ1n) is 5.46. The van der Waals surface area contributed by atoms with E-state index in [4.69, 9.17) is 15.2 Å². The van der Waals surface area contributed by atoms with E-state index in [1.165, 1.54) is 0 Å². The van der Waals surface area contributed by atoms with Crippen LogP contribution in [0, 0.1) is 5.92 Å². The third-order valence-corrected chi connectivity index (χ3v) is 3.10. The molecule has 5 nitrogen and oxygen atoms in total. The van der Waals surface area contributed by atoms with E-state index in [2.05, 4.69) is 9.97 Å². The molecular weight excluding hydrogens is 206 g/mol. The molecule has 0 bridgehead atoms. The molecule has 0 amide bonds. The van der Waals surface area contributed by atoms with Crippen LogP contribution in [-0.2, 0) is 4.74 Å². The Hall–Kier alpha value is -1.20. The predicted molar refractivity (Wildman–Crippen MR) is 59.0 cm³/mol. The third kappa shape index (κ3) is 2.01. The first kappa shape index (κ1) is 11.3. The van der Waals surface area contributed by atoms with Crippen molar-refractivity contribution in [3.63, 3.8) is 0 Å². The Morgan fingerprint density at radius 2 is 2.25 bits per heavy atom. The summed E-state index contributed by atoms with van der Waals surface area (Å²) in [5.74, 6) is 0.791. The van der Waals surface area contributed by atoms with Crippen LogP contribution in [0.4, 0.5) is 0 Å². The summed E-state index contributed by atoms with van der Waals surface area (Å²) in [6.45, 7) is 2.81. The van der Waals surface area contributed by atoms with E-state index in [-0.39, 0.29) is 18.1 Å². The van der Waals surface area contributed by atoms with Gasteiger partial charge >= 0.3 is 0 Å². The lowest BCUT2D eigenvalue weighted by molar-refractivity contribution is 0.0988. The molecule has 1 aliphatic heterocycles. The summed E-state index contributed by atoms with van der Waals surface area (Å²) >= 11 is 0. The van der Waals surface area contributed by atoms with E-state index in [1.54, 1.807) is 19.5 Å². The molecule has 16 heavy (non-hydrogen) atoms. The van der Waals surface area contributed by atoms with Crippen molar-refractivity contribution in [1.29, 1.82) is 0 Å². The quantitative estimate of drug-likeness (QED) is 0.824. The molecule has 1 fully saturated rings. The standard InChI is InChI=1S/C11H17N3O2/c1-7-8(3-6-16-7)9(12)10-11(15-2)14-5-4-13-10/h4-5,7-9H,3,6,12H2,1-2H3. The van der Waals surface area contributed by atoms with Gasteiger partial charge in [-0.15, -0.1) is 0 Å². The van der Waals surface area contributed by atoms with Crippen LogP contribution in [0.15, 0.2) is 12.4 Å². The van der Waals surface area contributed by atoms with Gasteiger partial charge in [0.05, 0.1) is 19.3 Å². The Morgan fingerprint density at radius 1 is 1.50 bits per heavy atom. The Morgan fingerprint density at radius 3 is 2.88 bits per heavy atom. The van der Waals surface area contributed by atoms with Gasteiger partial charge in [-0.05, 0) is 13.3 Å². The second-order valence-electron chi connectivity index (χ2n) is 4.01. The SMILES string of the molecule is COc1nccnc1C(N)C1CCOC1C. The highest BCUT2D eigenvalue weighted by Gasteiger charge is 2.33. The van der Waals surface area contributed by atoms with Gasteiger partial charge in [-0.3, -0.25) is 4.98 Å². The maximum atomic E-state index is 6.20. The lowest BCUT2D eigenvalue weighted by atomic mass is 9.92. The van der Waals surface area contributed by atoms with Crippen molar-refractivity contribution in [2.75, 3.05) is 13.7 Å². The molecule has 0 spiro atoms. The number of methoxy groups -OCH3 is 1. The summed E-state index contributed by atoms with van der Waals surface area (Å²) in [5, 5.41) is 0. The van der Waals surface area contributed by atoms with Gasteiger partial charge in [0.2, 0.25) is 5.88 Å². The first-order valence-corrected chi connectivity index (χ1v) is 5.46. The molecule has 2 heterocycles. The van der Waals surface area contributed by atoms with Gasteiger partial charge in [0, 0.05) is 24.9 Å². The van der Waals surface area contributed by atoms with E-state index >= 15 is 0 Å². The number of nitrogens with zero attached hydrogens (tertiary/aromatic N) is 2.